The fraction of sp³-hybridized carbons (Fsp3) is 0.333. The minimum atomic E-state index is 0.139. The summed E-state index contributed by atoms with van der Waals surface area (Å²) in [5, 5.41) is 4.27. The molecule has 3 aromatic rings. The summed E-state index contributed by atoms with van der Waals surface area (Å²) in [5.74, 6) is 0. The molecule has 212 valence electrons. The van der Waals surface area contributed by atoms with Crippen molar-refractivity contribution < 1.29 is 9.59 Å². The summed E-state index contributed by atoms with van der Waals surface area (Å²) in [5.41, 5.74) is 8.30. The van der Waals surface area contributed by atoms with Gasteiger partial charge in [0.2, 0.25) is 6.41 Å². The van der Waals surface area contributed by atoms with Crippen LogP contribution in [0.1, 0.15) is 16.7 Å². The number of nitrogens with zero attached hydrogens (tertiary/aromatic N) is 2. The number of carbonyl (C=O) groups is 2. The van der Waals surface area contributed by atoms with Gasteiger partial charge in [-0.05, 0) is 60.7 Å². The third kappa shape index (κ3) is 15.1. The quantitative estimate of drug-likeness (QED) is 0.140. The summed E-state index contributed by atoms with van der Waals surface area (Å²) in [7, 11) is 2.12. The predicted octanol–water partition coefficient (Wildman–Crippen LogP) is 4.97. The van der Waals surface area contributed by atoms with Gasteiger partial charge in [-0.15, -0.1) is 0 Å². The molecule has 1 atom stereocenters. The molecule has 0 radical (unpaired) electrons. The van der Waals surface area contributed by atoms with Gasteiger partial charge in [-0.1, -0.05) is 77.8 Å². The fourth-order valence-electron chi connectivity index (χ4n) is 4.00. The van der Waals surface area contributed by atoms with Crippen LogP contribution in [0.5, 0.6) is 0 Å². The Labute approximate surface area is 248 Å². The highest BCUT2D eigenvalue weighted by Crippen LogP contribution is 2.19. The van der Waals surface area contributed by atoms with Gasteiger partial charge in [0.25, 0.3) is 0 Å². The average molecular weight is 592 g/mol. The SMILES string of the molecule is CN(CCNC=O)C(Cc1ccccc1)CN(Cc1cccc(Cl)c1)Cc1cccc(Cl)c1.CS.NCC=O. The van der Waals surface area contributed by atoms with E-state index >= 15 is 0 Å². The van der Waals surface area contributed by atoms with Crippen LogP contribution < -0.4 is 11.1 Å². The van der Waals surface area contributed by atoms with Crippen LogP contribution in [0.3, 0.4) is 0 Å². The molecule has 3 aromatic carbocycles. The Hall–Kier alpha value is -2.39. The van der Waals surface area contributed by atoms with Gasteiger partial charge >= 0.3 is 0 Å². The Bertz CT molecular complexity index is 1030. The molecule has 0 aliphatic carbocycles. The topological polar surface area (TPSA) is 78.7 Å². The predicted molar refractivity (Wildman–Crippen MR) is 168 cm³/mol. The molecule has 6 nitrogen and oxygen atoms in total. The zero-order chi connectivity index (χ0) is 28.9. The second-order valence-corrected chi connectivity index (χ2v) is 9.60. The van der Waals surface area contributed by atoms with Gasteiger partial charge in [0.15, 0.2) is 0 Å². The number of benzene rings is 3. The van der Waals surface area contributed by atoms with Crippen molar-refractivity contribution in [3.05, 3.63) is 106 Å². The molecular weight excluding hydrogens is 551 g/mol. The van der Waals surface area contributed by atoms with Crippen LogP contribution >= 0.6 is 35.8 Å². The number of nitrogens with two attached hydrogens (primary N) is 1. The van der Waals surface area contributed by atoms with Crippen molar-refractivity contribution in [2.75, 3.05) is 39.5 Å². The molecule has 0 aromatic heterocycles. The van der Waals surface area contributed by atoms with Crippen molar-refractivity contribution in [3.63, 3.8) is 0 Å². The highest BCUT2D eigenvalue weighted by Gasteiger charge is 2.20. The fourth-order valence-corrected chi connectivity index (χ4v) is 4.42. The number of aldehydes is 1. The van der Waals surface area contributed by atoms with E-state index in [-0.39, 0.29) is 12.6 Å². The molecule has 0 aliphatic rings. The number of rotatable bonds is 14. The normalized spacial score (nSPS) is 11.1. The highest BCUT2D eigenvalue weighted by atomic mass is 35.5. The first kappa shape index (κ1) is 34.6. The van der Waals surface area contributed by atoms with Crippen LogP contribution in [0.2, 0.25) is 10.0 Å². The first-order valence-corrected chi connectivity index (χ1v) is 14.3. The van der Waals surface area contributed by atoms with Crippen molar-refractivity contribution in [2.45, 2.75) is 25.6 Å². The van der Waals surface area contributed by atoms with E-state index in [2.05, 4.69) is 76.9 Å². The van der Waals surface area contributed by atoms with E-state index in [0.717, 1.165) is 49.1 Å². The molecule has 3 N–H and O–H groups in total. The Morgan fingerprint density at radius 3 is 1.85 bits per heavy atom. The molecule has 1 amide bonds. The lowest BCUT2D eigenvalue weighted by molar-refractivity contribution is -0.109. The Morgan fingerprint density at radius 1 is 0.872 bits per heavy atom. The first-order chi connectivity index (χ1) is 18.9. The van der Waals surface area contributed by atoms with E-state index in [1.807, 2.05) is 42.5 Å². The van der Waals surface area contributed by atoms with Crippen molar-refractivity contribution in [1.82, 2.24) is 15.1 Å². The van der Waals surface area contributed by atoms with Crippen LogP contribution in [-0.2, 0) is 29.1 Å². The standard InChI is InChI=1S/C27H31Cl2N3O.C2H5NO.CH4S/c1-31(14-13-30-21-33)27(17-22-7-3-2-4-8-22)20-32(18-23-9-5-11-25(28)15-23)19-24-10-6-12-26(29)16-24;3-1-2-4;1-2/h2-12,15-16,21,27H,13-14,17-20H2,1H3,(H,30,33);2H,1,3H2;2H,1H3. The van der Waals surface area contributed by atoms with E-state index in [1.54, 1.807) is 6.26 Å². The van der Waals surface area contributed by atoms with Crippen LogP contribution in [-0.4, -0.2) is 68.0 Å². The molecule has 0 spiro atoms. The molecule has 0 heterocycles. The van der Waals surface area contributed by atoms with Crippen molar-refractivity contribution in [1.29, 1.82) is 0 Å². The molecule has 0 bridgehead atoms. The molecule has 39 heavy (non-hydrogen) atoms. The summed E-state index contributed by atoms with van der Waals surface area (Å²) in [6, 6.07) is 26.9. The maximum atomic E-state index is 10.7. The van der Waals surface area contributed by atoms with E-state index in [9.17, 15) is 4.79 Å². The molecule has 9 heteroatoms. The van der Waals surface area contributed by atoms with Gasteiger partial charge in [0.1, 0.15) is 6.29 Å². The highest BCUT2D eigenvalue weighted by molar-refractivity contribution is 7.79. The smallest absolute Gasteiger partial charge is 0.207 e. The minimum Gasteiger partial charge on any atom is -0.357 e. The number of likely N-dealkylation sites (N-methyl/N-ethyl adjacent to an activating group) is 1. The largest absolute Gasteiger partial charge is 0.357 e. The number of hydrogen-bond donors (Lipinski definition) is 3. The molecule has 3 rings (SSSR count). The molecule has 0 saturated carbocycles. The Balaban J connectivity index is 0.00000116. The van der Waals surface area contributed by atoms with E-state index in [0.29, 0.717) is 12.8 Å². The Kier molecular flexibility index (Phi) is 19.0. The zero-order valence-corrected chi connectivity index (χ0v) is 25.1. The minimum absolute atomic E-state index is 0.139. The van der Waals surface area contributed by atoms with Gasteiger partial charge in [0, 0.05) is 55.4 Å². The van der Waals surface area contributed by atoms with Crippen molar-refractivity contribution in [3.8, 4) is 0 Å². The zero-order valence-electron chi connectivity index (χ0n) is 22.7. The number of hydrogen-bond acceptors (Lipinski definition) is 6. The number of carbonyl (C=O) groups excluding carboxylic acids is 2. The maximum Gasteiger partial charge on any atom is 0.207 e. The number of nitrogens with one attached hydrogen (secondary N) is 1. The Morgan fingerprint density at radius 2 is 1.38 bits per heavy atom. The average Bonchev–Trinajstić information content (AvgIpc) is 2.94. The third-order valence-corrected chi connectivity index (χ3v) is 6.26. The third-order valence-electron chi connectivity index (χ3n) is 5.79. The molecule has 1 unspecified atom stereocenters. The molecule has 0 fully saturated rings. The van der Waals surface area contributed by atoms with Crippen molar-refractivity contribution >= 4 is 48.5 Å². The summed E-state index contributed by atoms with van der Waals surface area (Å²) >= 11 is 16.1. The van der Waals surface area contributed by atoms with Crippen LogP contribution in [0.15, 0.2) is 78.9 Å². The summed E-state index contributed by atoms with van der Waals surface area (Å²) in [6.07, 6.45) is 4.02. The second-order valence-electron chi connectivity index (χ2n) is 8.73. The lowest BCUT2D eigenvalue weighted by Crippen LogP contribution is -2.45. The molecular formula is C30H40Cl2N4O2S. The van der Waals surface area contributed by atoms with Gasteiger partial charge in [-0.3, -0.25) is 9.69 Å². The van der Waals surface area contributed by atoms with Crippen LogP contribution in [0, 0.1) is 0 Å². The first-order valence-electron chi connectivity index (χ1n) is 12.7. The van der Waals surface area contributed by atoms with Gasteiger partial charge in [-0.2, -0.15) is 12.6 Å². The number of halogens is 2. The monoisotopic (exact) mass is 590 g/mol. The van der Waals surface area contributed by atoms with E-state index in [4.69, 9.17) is 28.0 Å². The van der Waals surface area contributed by atoms with E-state index < -0.39 is 0 Å². The van der Waals surface area contributed by atoms with Gasteiger partial charge in [0.05, 0.1) is 0 Å². The van der Waals surface area contributed by atoms with Crippen LogP contribution in [0.25, 0.3) is 0 Å². The second kappa shape index (κ2) is 21.4. The lowest BCUT2D eigenvalue weighted by atomic mass is 10.0. The summed E-state index contributed by atoms with van der Waals surface area (Å²) in [6.45, 7) is 3.94. The number of amides is 1. The summed E-state index contributed by atoms with van der Waals surface area (Å²) in [4.78, 5) is 24.5. The van der Waals surface area contributed by atoms with Crippen LogP contribution in [0.4, 0.5) is 0 Å². The van der Waals surface area contributed by atoms with Gasteiger partial charge in [-0.25, -0.2) is 0 Å². The molecule has 0 aliphatic heterocycles. The lowest BCUT2D eigenvalue weighted by Gasteiger charge is -2.34. The van der Waals surface area contributed by atoms with Gasteiger partial charge < -0.3 is 20.7 Å². The molecule has 0 saturated heterocycles. The van der Waals surface area contributed by atoms with E-state index in [1.165, 1.54) is 16.7 Å². The summed E-state index contributed by atoms with van der Waals surface area (Å²) < 4.78 is 0. The maximum absolute atomic E-state index is 10.7. The van der Waals surface area contributed by atoms with Crippen molar-refractivity contribution in [2.24, 2.45) is 5.73 Å². The number of thiol groups is 1.